The van der Waals surface area contributed by atoms with Crippen LogP contribution in [0.15, 0.2) is 12.1 Å². The molecule has 0 bridgehead atoms. The summed E-state index contributed by atoms with van der Waals surface area (Å²) in [6.45, 7) is 5.05. The van der Waals surface area contributed by atoms with Crippen LogP contribution in [0.25, 0.3) is 0 Å². The van der Waals surface area contributed by atoms with Gasteiger partial charge in [-0.25, -0.2) is 22.9 Å². The molecule has 4 nitrogen and oxygen atoms in total. The Balaban J connectivity index is 2.19. The van der Waals surface area contributed by atoms with Crippen molar-refractivity contribution < 1.29 is 27.5 Å². The normalized spacial score (nSPS) is 18.4. The van der Waals surface area contributed by atoms with E-state index < -0.39 is 41.0 Å². The highest BCUT2D eigenvalue weighted by Crippen LogP contribution is 2.32. The maximum Gasteiger partial charge on any atom is 0.417 e. The second-order valence-corrected chi connectivity index (χ2v) is 6.18. The average Bonchev–Trinajstić information content (AvgIpc) is 2.84. The summed E-state index contributed by atoms with van der Waals surface area (Å²) in [4.78, 5) is 24.9. The van der Waals surface area contributed by atoms with E-state index in [1.54, 1.807) is 13.8 Å². The molecule has 0 saturated carbocycles. The van der Waals surface area contributed by atoms with E-state index in [0.29, 0.717) is 12.5 Å². The molecule has 7 heteroatoms. The number of carbonyl (C=O) groups is 2. The molecule has 2 rings (SSSR count). The minimum Gasteiger partial charge on any atom is -0.443 e. The third kappa shape index (κ3) is 3.65. The number of benzene rings is 1. The molecule has 1 aromatic carbocycles. The van der Waals surface area contributed by atoms with Crippen LogP contribution in [0.2, 0.25) is 0 Å². The number of carbonyl (C=O) groups excluding carboxylic acids is 2. The molecule has 1 fully saturated rings. The molecule has 2 amide bonds. The van der Waals surface area contributed by atoms with E-state index in [0.717, 1.165) is 11.0 Å². The molecule has 1 heterocycles. The maximum atomic E-state index is 13.8. The van der Waals surface area contributed by atoms with Crippen molar-refractivity contribution in [3.8, 4) is 0 Å². The number of imide groups is 1. The zero-order valence-corrected chi connectivity index (χ0v) is 13.2. The van der Waals surface area contributed by atoms with Crippen LogP contribution < -0.4 is 0 Å². The van der Waals surface area contributed by atoms with E-state index in [2.05, 4.69) is 0 Å². The second-order valence-electron chi connectivity index (χ2n) is 6.18. The van der Waals surface area contributed by atoms with E-state index in [1.807, 2.05) is 6.92 Å². The van der Waals surface area contributed by atoms with Gasteiger partial charge in [0, 0.05) is 24.9 Å². The number of rotatable bonds is 3. The summed E-state index contributed by atoms with van der Waals surface area (Å²) in [6.07, 6.45) is -0.489. The van der Waals surface area contributed by atoms with E-state index in [-0.39, 0.29) is 18.5 Å². The summed E-state index contributed by atoms with van der Waals surface area (Å²) in [5.41, 5.74) is -0.994. The SMILES string of the molecule is CCC(C)(C)OC(=O)N1C[C@@H](c2cc(F)cc(F)c2F)CC1=O. The number of hydrogen-bond donors (Lipinski definition) is 0. The van der Waals surface area contributed by atoms with E-state index in [4.69, 9.17) is 4.74 Å². The Morgan fingerprint density at radius 1 is 1.35 bits per heavy atom. The molecule has 0 unspecified atom stereocenters. The van der Waals surface area contributed by atoms with Crippen LogP contribution in [0.4, 0.5) is 18.0 Å². The first-order chi connectivity index (χ1) is 10.6. The predicted octanol–water partition coefficient (Wildman–Crippen LogP) is 3.75. The van der Waals surface area contributed by atoms with Crippen molar-refractivity contribution in [2.45, 2.75) is 45.1 Å². The first-order valence-corrected chi connectivity index (χ1v) is 7.32. The van der Waals surface area contributed by atoms with Crippen LogP contribution in [0.3, 0.4) is 0 Å². The highest BCUT2D eigenvalue weighted by molar-refractivity contribution is 5.94. The van der Waals surface area contributed by atoms with Gasteiger partial charge in [0.25, 0.3) is 0 Å². The average molecular weight is 329 g/mol. The summed E-state index contributed by atoms with van der Waals surface area (Å²) in [5, 5.41) is 0. The Hall–Kier alpha value is -2.05. The van der Waals surface area contributed by atoms with Gasteiger partial charge in [-0.05, 0) is 31.9 Å². The van der Waals surface area contributed by atoms with Gasteiger partial charge in [0.05, 0.1) is 0 Å². The fourth-order valence-corrected chi connectivity index (χ4v) is 2.33. The smallest absolute Gasteiger partial charge is 0.417 e. The molecule has 126 valence electrons. The molecular formula is C16H18F3NO3. The van der Waals surface area contributed by atoms with Gasteiger partial charge >= 0.3 is 6.09 Å². The molecule has 1 saturated heterocycles. The maximum absolute atomic E-state index is 13.8. The molecule has 23 heavy (non-hydrogen) atoms. The first-order valence-electron chi connectivity index (χ1n) is 7.32. The minimum atomic E-state index is -1.32. The highest BCUT2D eigenvalue weighted by Gasteiger charge is 2.39. The minimum absolute atomic E-state index is 0.169. The van der Waals surface area contributed by atoms with Crippen LogP contribution in [-0.4, -0.2) is 29.0 Å². The fraction of sp³-hybridized carbons (Fsp3) is 0.500. The van der Waals surface area contributed by atoms with E-state index >= 15 is 0 Å². The van der Waals surface area contributed by atoms with Crippen molar-refractivity contribution in [1.82, 2.24) is 4.90 Å². The topological polar surface area (TPSA) is 46.6 Å². The van der Waals surface area contributed by atoms with Gasteiger partial charge in [0.2, 0.25) is 5.91 Å². The second kappa shape index (κ2) is 6.22. The lowest BCUT2D eigenvalue weighted by Gasteiger charge is -2.26. The number of halogens is 3. The molecule has 0 spiro atoms. The lowest BCUT2D eigenvalue weighted by Crippen LogP contribution is -2.38. The van der Waals surface area contributed by atoms with Gasteiger partial charge < -0.3 is 4.74 Å². The fourth-order valence-electron chi connectivity index (χ4n) is 2.33. The zero-order valence-electron chi connectivity index (χ0n) is 13.2. The van der Waals surface area contributed by atoms with Gasteiger partial charge in [-0.15, -0.1) is 0 Å². The summed E-state index contributed by atoms with van der Waals surface area (Å²) < 4.78 is 45.6. The number of nitrogens with zero attached hydrogens (tertiary/aromatic N) is 1. The number of hydrogen-bond acceptors (Lipinski definition) is 3. The van der Waals surface area contributed by atoms with Gasteiger partial charge in [0.1, 0.15) is 11.4 Å². The summed E-state index contributed by atoms with van der Waals surface area (Å²) >= 11 is 0. The Morgan fingerprint density at radius 3 is 2.61 bits per heavy atom. The van der Waals surface area contributed by atoms with E-state index in [9.17, 15) is 22.8 Å². The van der Waals surface area contributed by atoms with Crippen molar-refractivity contribution in [2.24, 2.45) is 0 Å². The van der Waals surface area contributed by atoms with Crippen molar-refractivity contribution in [1.29, 1.82) is 0 Å². The Kier molecular flexibility index (Phi) is 4.68. The standard InChI is InChI=1S/C16H18F3NO3/c1-4-16(2,3)23-15(22)20-8-9(5-13(20)21)11-6-10(17)7-12(18)14(11)19/h6-7,9H,4-5,8H2,1-3H3/t9-/m0/s1. The van der Waals surface area contributed by atoms with Crippen LogP contribution in [0, 0.1) is 17.5 Å². The molecule has 0 aliphatic carbocycles. The number of ether oxygens (including phenoxy) is 1. The molecular weight excluding hydrogens is 311 g/mol. The van der Waals surface area contributed by atoms with Gasteiger partial charge in [0.15, 0.2) is 11.6 Å². The van der Waals surface area contributed by atoms with Gasteiger partial charge in [-0.1, -0.05) is 6.92 Å². The summed E-state index contributed by atoms with van der Waals surface area (Å²) in [6, 6.07) is 1.28. The first kappa shape index (κ1) is 17.3. The van der Waals surface area contributed by atoms with Crippen molar-refractivity contribution in [3.05, 3.63) is 35.1 Å². The zero-order chi connectivity index (χ0) is 17.4. The lowest BCUT2D eigenvalue weighted by molar-refractivity contribution is -0.127. The Morgan fingerprint density at radius 2 is 2.00 bits per heavy atom. The third-order valence-corrected chi connectivity index (χ3v) is 4.02. The predicted molar refractivity (Wildman–Crippen MR) is 76.2 cm³/mol. The van der Waals surface area contributed by atoms with Crippen LogP contribution in [0.1, 0.15) is 45.1 Å². The monoisotopic (exact) mass is 329 g/mol. The largest absolute Gasteiger partial charge is 0.443 e. The quantitative estimate of drug-likeness (QED) is 0.794. The highest BCUT2D eigenvalue weighted by atomic mass is 19.2. The van der Waals surface area contributed by atoms with Gasteiger partial charge in [-0.3, -0.25) is 4.79 Å². The van der Waals surface area contributed by atoms with Crippen LogP contribution >= 0.6 is 0 Å². The van der Waals surface area contributed by atoms with Crippen molar-refractivity contribution in [3.63, 3.8) is 0 Å². The molecule has 0 N–H and O–H groups in total. The third-order valence-electron chi connectivity index (χ3n) is 4.02. The van der Waals surface area contributed by atoms with Crippen LogP contribution in [-0.2, 0) is 9.53 Å². The molecule has 1 aromatic rings. The van der Waals surface area contributed by atoms with Crippen molar-refractivity contribution >= 4 is 12.0 Å². The number of likely N-dealkylation sites (tertiary alicyclic amines) is 1. The molecule has 1 aliphatic rings. The summed E-state index contributed by atoms with van der Waals surface area (Å²) in [7, 11) is 0. The Labute approximate surface area is 132 Å². The Bertz CT molecular complexity index is 646. The lowest BCUT2D eigenvalue weighted by atomic mass is 9.97. The van der Waals surface area contributed by atoms with Crippen molar-refractivity contribution in [2.75, 3.05) is 6.54 Å². The number of amides is 2. The van der Waals surface area contributed by atoms with Crippen LogP contribution in [0.5, 0.6) is 0 Å². The van der Waals surface area contributed by atoms with Gasteiger partial charge in [-0.2, -0.15) is 0 Å². The molecule has 1 atom stereocenters. The molecule has 0 aromatic heterocycles. The summed E-state index contributed by atoms with van der Waals surface area (Å²) in [5.74, 6) is -4.81. The molecule has 0 radical (unpaired) electrons. The molecule has 1 aliphatic heterocycles. The van der Waals surface area contributed by atoms with E-state index in [1.165, 1.54) is 0 Å².